The third-order valence-corrected chi connectivity index (χ3v) is 2.77. The Morgan fingerprint density at radius 1 is 0.750 bits per heavy atom. The molecule has 8 heteroatoms. The van der Waals surface area contributed by atoms with Crippen molar-refractivity contribution in [2.75, 3.05) is 20.3 Å². The van der Waals surface area contributed by atoms with E-state index in [2.05, 4.69) is 31.1 Å². The van der Waals surface area contributed by atoms with E-state index in [4.69, 9.17) is 14.2 Å². The largest absolute Gasteiger partial charge is 0.466 e. The van der Waals surface area contributed by atoms with Crippen LogP contribution in [-0.2, 0) is 38.1 Å². The summed E-state index contributed by atoms with van der Waals surface area (Å²) in [6, 6.07) is 0. The topological polar surface area (TPSA) is 105 Å². The van der Waals surface area contributed by atoms with E-state index in [1.54, 1.807) is 13.8 Å². The maximum absolute atomic E-state index is 11.6. The molecule has 8 nitrogen and oxygen atoms in total. The van der Waals surface area contributed by atoms with Gasteiger partial charge in [-0.15, -0.1) is 0 Å². The fourth-order valence-corrected chi connectivity index (χ4v) is 1.24. The Balaban J connectivity index is 0. The van der Waals surface area contributed by atoms with Crippen LogP contribution in [0.2, 0.25) is 0 Å². The molecule has 1 unspecified atom stereocenters. The highest BCUT2D eigenvalue weighted by atomic mass is 16.6. The maximum atomic E-state index is 11.6. The summed E-state index contributed by atoms with van der Waals surface area (Å²) in [6.07, 6.45) is -1.14. The molecule has 0 aromatic rings. The van der Waals surface area contributed by atoms with E-state index >= 15 is 0 Å². The first-order valence-corrected chi connectivity index (χ1v) is 8.17. The molecule has 0 bridgehead atoms. The fourth-order valence-electron chi connectivity index (χ4n) is 1.24. The summed E-state index contributed by atoms with van der Waals surface area (Å²) in [4.78, 5) is 44.7. The molecule has 0 aliphatic heterocycles. The SMILES string of the molecule is C=C(C)C(=O)OC.C=C(C)C(=O)OCC(OC(=O)C(=C)C)C(=C)C(=O)OCC. The number of carbonyl (C=O) groups excluding carboxylic acids is 4. The van der Waals surface area contributed by atoms with Gasteiger partial charge in [-0.05, 0) is 27.7 Å². The Kier molecular flexibility index (Phi) is 13.5. The lowest BCUT2D eigenvalue weighted by molar-refractivity contribution is -0.154. The molecular formula is C20H28O8. The highest BCUT2D eigenvalue weighted by molar-refractivity contribution is 5.92. The fraction of sp³-hybridized carbons (Fsp3) is 0.400. The second kappa shape index (κ2) is 14.0. The van der Waals surface area contributed by atoms with Gasteiger partial charge in [-0.25, -0.2) is 19.2 Å². The summed E-state index contributed by atoms with van der Waals surface area (Å²) in [7, 11) is 1.33. The van der Waals surface area contributed by atoms with Gasteiger partial charge in [-0.1, -0.05) is 26.3 Å². The second-order valence-electron chi connectivity index (χ2n) is 5.57. The minimum Gasteiger partial charge on any atom is -0.466 e. The maximum Gasteiger partial charge on any atom is 0.337 e. The predicted octanol–water partition coefficient (Wildman–Crippen LogP) is 2.45. The van der Waals surface area contributed by atoms with Crippen molar-refractivity contribution in [1.82, 2.24) is 0 Å². The van der Waals surface area contributed by atoms with Gasteiger partial charge in [-0.3, -0.25) is 0 Å². The number of hydrogen-bond donors (Lipinski definition) is 0. The number of esters is 4. The Morgan fingerprint density at radius 3 is 1.54 bits per heavy atom. The van der Waals surface area contributed by atoms with E-state index in [9.17, 15) is 19.2 Å². The van der Waals surface area contributed by atoms with Gasteiger partial charge in [0.25, 0.3) is 0 Å². The Labute approximate surface area is 165 Å². The Morgan fingerprint density at radius 2 is 1.21 bits per heavy atom. The molecule has 156 valence electrons. The zero-order valence-corrected chi connectivity index (χ0v) is 17.1. The molecule has 0 spiro atoms. The molecule has 0 heterocycles. The second-order valence-corrected chi connectivity index (χ2v) is 5.57. The van der Waals surface area contributed by atoms with E-state index in [0.29, 0.717) is 5.57 Å². The van der Waals surface area contributed by atoms with E-state index in [1.165, 1.54) is 21.0 Å². The van der Waals surface area contributed by atoms with Gasteiger partial charge < -0.3 is 18.9 Å². The number of rotatable bonds is 9. The van der Waals surface area contributed by atoms with Crippen LogP contribution in [0.15, 0.2) is 48.6 Å². The van der Waals surface area contributed by atoms with Crippen molar-refractivity contribution in [3.8, 4) is 0 Å². The van der Waals surface area contributed by atoms with Crippen LogP contribution in [0.4, 0.5) is 0 Å². The Hall–Kier alpha value is -3.16. The first-order chi connectivity index (χ1) is 12.9. The van der Waals surface area contributed by atoms with Crippen LogP contribution in [0, 0.1) is 0 Å². The first-order valence-electron chi connectivity index (χ1n) is 8.17. The average molecular weight is 396 g/mol. The number of hydrogen-bond acceptors (Lipinski definition) is 8. The van der Waals surface area contributed by atoms with Gasteiger partial charge in [0.2, 0.25) is 0 Å². The van der Waals surface area contributed by atoms with Crippen LogP contribution in [0.1, 0.15) is 27.7 Å². The molecule has 0 radical (unpaired) electrons. The summed E-state index contributed by atoms with van der Waals surface area (Å²) in [5.41, 5.74) is 0.632. The third-order valence-electron chi connectivity index (χ3n) is 2.77. The molecule has 0 N–H and O–H groups in total. The molecular weight excluding hydrogens is 368 g/mol. The van der Waals surface area contributed by atoms with E-state index in [-0.39, 0.29) is 35.9 Å². The van der Waals surface area contributed by atoms with Crippen LogP contribution < -0.4 is 0 Å². The van der Waals surface area contributed by atoms with Crippen molar-refractivity contribution in [1.29, 1.82) is 0 Å². The van der Waals surface area contributed by atoms with E-state index < -0.39 is 24.0 Å². The molecule has 0 rings (SSSR count). The summed E-state index contributed by atoms with van der Waals surface area (Å²) < 4.78 is 19.0. The smallest absolute Gasteiger partial charge is 0.337 e. The van der Waals surface area contributed by atoms with Gasteiger partial charge in [0.15, 0.2) is 6.10 Å². The van der Waals surface area contributed by atoms with Crippen LogP contribution in [0.25, 0.3) is 0 Å². The zero-order chi connectivity index (χ0) is 22.4. The molecule has 0 saturated heterocycles. The van der Waals surface area contributed by atoms with Crippen LogP contribution in [-0.4, -0.2) is 50.3 Å². The van der Waals surface area contributed by atoms with Crippen LogP contribution >= 0.6 is 0 Å². The van der Waals surface area contributed by atoms with Crippen LogP contribution in [0.3, 0.4) is 0 Å². The van der Waals surface area contributed by atoms with Gasteiger partial charge in [0, 0.05) is 16.7 Å². The first kappa shape index (κ1) is 27.1. The molecule has 0 aliphatic carbocycles. The molecule has 0 fully saturated rings. The molecule has 28 heavy (non-hydrogen) atoms. The third kappa shape index (κ3) is 11.5. The highest BCUT2D eigenvalue weighted by Gasteiger charge is 2.26. The van der Waals surface area contributed by atoms with E-state index in [1.807, 2.05) is 0 Å². The normalized spacial score (nSPS) is 10.2. The van der Waals surface area contributed by atoms with Crippen molar-refractivity contribution in [2.45, 2.75) is 33.8 Å². The molecule has 0 aromatic carbocycles. The lowest BCUT2D eigenvalue weighted by atomic mass is 10.1. The summed E-state index contributed by atoms with van der Waals surface area (Å²) in [6.45, 7) is 19.7. The summed E-state index contributed by atoms with van der Waals surface area (Å²) >= 11 is 0. The number of ether oxygens (including phenoxy) is 4. The zero-order valence-electron chi connectivity index (χ0n) is 17.1. The molecule has 0 aromatic heterocycles. The minimum atomic E-state index is -1.14. The van der Waals surface area contributed by atoms with Gasteiger partial charge >= 0.3 is 23.9 Å². The molecule has 0 aliphatic rings. The summed E-state index contributed by atoms with van der Waals surface area (Å²) in [5.74, 6) is -2.47. The number of methoxy groups -OCH3 is 1. The molecule has 0 amide bonds. The predicted molar refractivity (Wildman–Crippen MR) is 103 cm³/mol. The van der Waals surface area contributed by atoms with Gasteiger partial charge in [0.05, 0.1) is 19.3 Å². The average Bonchev–Trinajstić information content (AvgIpc) is 2.63. The highest BCUT2D eigenvalue weighted by Crippen LogP contribution is 2.11. The lowest BCUT2D eigenvalue weighted by Crippen LogP contribution is -2.31. The molecule has 0 saturated carbocycles. The van der Waals surface area contributed by atoms with Crippen molar-refractivity contribution in [2.24, 2.45) is 0 Å². The number of carbonyl (C=O) groups is 4. The van der Waals surface area contributed by atoms with Crippen molar-refractivity contribution in [3.63, 3.8) is 0 Å². The quantitative estimate of drug-likeness (QED) is 0.332. The monoisotopic (exact) mass is 396 g/mol. The van der Waals surface area contributed by atoms with Gasteiger partial charge in [0.1, 0.15) is 6.61 Å². The van der Waals surface area contributed by atoms with E-state index in [0.717, 1.165) is 0 Å². The van der Waals surface area contributed by atoms with Crippen molar-refractivity contribution >= 4 is 23.9 Å². The Bertz CT molecular complexity index is 657. The standard InChI is InChI=1S/C15H20O6.C5H8O2/c1-7-19-15(18)11(6)12(21-14(17)10(4)5)8-20-13(16)9(2)3;1-4(2)5(6)7-3/h12H,2,4,6-8H2,1,3,5H3;1H2,2-3H3. The summed E-state index contributed by atoms with van der Waals surface area (Å²) in [5, 5.41) is 0. The molecule has 1 atom stereocenters. The van der Waals surface area contributed by atoms with Gasteiger partial charge in [-0.2, -0.15) is 0 Å². The van der Waals surface area contributed by atoms with Crippen molar-refractivity contribution < 1.29 is 38.1 Å². The minimum absolute atomic E-state index is 0.124. The lowest BCUT2D eigenvalue weighted by Gasteiger charge is -2.19. The van der Waals surface area contributed by atoms with Crippen LogP contribution in [0.5, 0.6) is 0 Å². The van der Waals surface area contributed by atoms with Crippen molar-refractivity contribution in [3.05, 3.63) is 48.6 Å².